The molecule has 2 aromatic carbocycles. The van der Waals surface area contributed by atoms with Gasteiger partial charge in [-0.05, 0) is 17.7 Å². The summed E-state index contributed by atoms with van der Waals surface area (Å²) in [5.41, 5.74) is 0.544. The van der Waals surface area contributed by atoms with Crippen molar-refractivity contribution in [3.8, 4) is 0 Å². The molecule has 2 heterocycles. The number of nitrogens with one attached hydrogen (secondary N) is 1. The number of amides is 3. The number of benzene rings is 2. The zero-order valence-electron chi connectivity index (χ0n) is 15.5. The van der Waals surface area contributed by atoms with E-state index in [1.807, 2.05) is 30.3 Å². The van der Waals surface area contributed by atoms with E-state index in [0.717, 1.165) is 11.6 Å². The molecule has 8 heteroatoms. The number of hydrogen-bond donors (Lipinski definition) is 1. The number of fused-ring (bicyclic) bond motifs is 1. The lowest BCUT2D eigenvalue weighted by Gasteiger charge is -2.45. The van der Waals surface area contributed by atoms with E-state index in [1.54, 1.807) is 0 Å². The second-order valence-corrected chi connectivity index (χ2v) is 7.15. The normalized spacial score (nSPS) is 21.6. The molecule has 6 nitrogen and oxygen atoms in total. The van der Waals surface area contributed by atoms with Gasteiger partial charge in [0.15, 0.2) is 11.6 Å². The number of carbonyl (C=O) groups is 3. The third-order valence-corrected chi connectivity index (χ3v) is 5.33. The topological polar surface area (TPSA) is 69.7 Å². The van der Waals surface area contributed by atoms with Crippen LogP contribution in [0.3, 0.4) is 0 Å². The monoisotopic (exact) mass is 399 g/mol. The molecule has 0 bridgehead atoms. The molecular weight excluding hydrogens is 380 g/mol. The van der Waals surface area contributed by atoms with Gasteiger partial charge < -0.3 is 15.1 Å². The Morgan fingerprint density at radius 1 is 1.03 bits per heavy atom. The summed E-state index contributed by atoms with van der Waals surface area (Å²) in [6.07, 6.45) is 0.381. The van der Waals surface area contributed by atoms with Gasteiger partial charge >= 0.3 is 0 Å². The fraction of sp³-hybridized carbons (Fsp3) is 0.286. The Morgan fingerprint density at radius 3 is 2.55 bits per heavy atom. The van der Waals surface area contributed by atoms with Crippen molar-refractivity contribution in [3.05, 3.63) is 71.3 Å². The third-order valence-electron chi connectivity index (χ3n) is 5.33. The lowest BCUT2D eigenvalue weighted by atomic mass is 9.98. The van der Waals surface area contributed by atoms with Gasteiger partial charge in [0, 0.05) is 19.5 Å². The summed E-state index contributed by atoms with van der Waals surface area (Å²) in [5, 5.41) is 2.73. The first-order valence-electron chi connectivity index (χ1n) is 9.34. The molecule has 4 rings (SSSR count). The number of nitrogens with zero attached hydrogens (tertiary/aromatic N) is 2. The van der Waals surface area contributed by atoms with Gasteiger partial charge in [-0.15, -0.1) is 0 Å². The highest BCUT2D eigenvalue weighted by molar-refractivity contribution is 5.99. The Balaban J connectivity index is 1.48. The van der Waals surface area contributed by atoms with Gasteiger partial charge in [0.05, 0.1) is 12.1 Å². The Hall–Kier alpha value is -3.29. The van der Waals surface area contributed by atoms with E-state index < -0.39 is 29.6 Å². The summed E-state index contributed by atoms with van der Waals surface area (Å²) in [6, 6.07) is 11.3. The summed E-state index contributed by atoms with van der Waals surface area (Å²) in [5.74, 6) is -3.59. The number of rotatable bonds is 3. The van der Waals surface area contributed by atoms with Crippen LogP contribution in [0.5, 0.6) is 0 Å². The van der Waals surface area contributed by atoms with Crippen LogP contribution < -0.4 is 5.32 Å². The Bertz CT molecular complexity index is 967. The number of halogens is 2. The van der Waals surface area contributed by atoms with Crippen LogP contribution in [0, 0.1) is 11.6 Å². The van der Waals surface area contributed by atoms with Gasteiger partial charge in [-0.25, -0.2) is 8.78 Å². The van der Waals surface area contributed by atoms with Crippen molar-refractivity contribution in [2.45, 2.75) is 18.5 Å². The van der Waals surface area contributed by atoms with Crippen LogP contribution in [0.2, 0.25) is 0 Å². The summed E-state index contributed by atoms with van der Waals surface area (Å²) < 4.78 is 27.4. The molecule has 0 aliphatic carbocycles. The quantitative estimate of drug-likeness (QED) is 0.848. The zero-order valence-corrected chi connectivity index (χ0v) is 15.5. The van der Waals surface area contributed by atoms with Gasteiger partial charge in [0.1, 0.15) is 12.1 Å². The van der Waals surface area contributed by atoms with E-state index in [2.05, 4.69) is 5.32 Å². The van der Waals surface area contributed by atoms with E-state index in [-0.39, 0.29) is 37.0 Å². The summed E-state index contributed by atoms with van der Waals surface area (Å²) in [7, 11) is 0. The molecule has 3 amide bonds. The highest BCUT2D eigenvalue weighted by Crippen LogP contribution is 2.21. The first-order valence-corrected chi connectivity index (χ1v) is 9.34. The molecule has 2 atom stereocenters. The first-order chi connectivity index (χ1) is 14.0. The number of hydrogen-bond acceptors (Lipinski definition) is 3. The molecule has 0 aromatic heterocycles. The van der Waals surface area contributed by atoms with Crippen LogP contribution in [0.15, 0.2) is 48.5 Å². The van der Waals surface area contributed by atoms with Crippen molar-refractivity contribution in [2.75, 3.05) is 19.6 Å². The molecule has 2 fully saturated rings. The molecule has 1 N–H and O–H groups in total. The van der Waals surface area contributed by atoms with Crippen LogP contribution in [-0.2, 0) is 16.0 Å². The molecule has 2 saturated heterocycles. The predicted octanol–water partition coefficient (Wildman–Crippen LogP) is 1.36. The summed E-state index contributed by atoms with van der Waals surface area (Å²) in [6.45, 7) is 0.234. The summed E-state index contributed by atoms with van der Waals surface area (Å²) in [4.78, 5) is 40.9. The zero-order chi connectivity index (χ0) is 20.5. The Kier molecular flexibility index (Phi) is 5.00. The molecule has 0 saturated carbocycles. The molecule has 2 aromatic rings. The van der Waals surface area contributed by atoms with Gasteiger partial charge in [-0.3, -0.25) is 14.4 Å². The highest BCUT2D eigenvalue weighted by atomic mass is 19.2. The van der Waals surface area contributed by atoms with Gasteiger partial charge in [0.2, 0.25) is 11.8 Å². The van der Waals surface area contributed by atoms with Crippen LogP contribution in [0.4, 0.5) is 8.78 Å². The van der Waals surface area contributed by atoms with Crippen molar-refractivity contribution in [1.82, 2.24) is 15.1 Å². The molecule has 0 unspecified atom stereocenters. The maximum absolute atomic E-state index is 14.0. The fourth-order valence-corrected chi connectivity index (χ4v) is 3.81. The number of piperazine rings is 2. The molecule has 0 spiro atoms. The largest absolute Gasteiger partial charge is 0.342 e. The van der Waals surface area contributed by atoms with Crippen LogP contribution >= 0.6 is 0 Å². The lowest BCUT2D eigenvalue weighted by molar-refractivity contribution is -0.152. The minimum atomic E-state index is -1.22. The molecule has 2 aliphatic rings. The summed E-state index contributed by atoms with van der Waals surface area (Å²) >= 11 is 0. The van der Waals surface area contributed by atoms with Crippen LogP contribution in [0.1, 0.15) is 15.9 Å². The van der Waals surface area contributed by atoms with E-state index in [1.165, 1.54) is 21.9 Å². The minimum Gasteiger partial charge on any atom is -0.342 e. The van der Waals surface area contributed by atoms with Gasteiger partial charge in [-0.2, -0.15) is 0 Å². The fourth-order valence-electron chi connectivity index (χ4n) is 3.81. The maximum Gasteiger partial charge on any atom is 0.257 e. The minimum absolute atomic E-state index is 0.0651. The standard InChI is InChI=1S/C21H19F2N3O3/c22-15-8-4-7-14(18(15)23)20(28)25-9-10-26-17(12-25)19(27)24-16(21(26)29)11-13-5-2-1-3-6-13/h1-8,16-17H,9-12H2,(H,24,27)/t16-,17+/m0/s1. The first kappa shape index (κ1) is 19.0. The van der Waals surface area contributed by atoms with E-state index in [0.29, 0.717) is 6.42 Å². The Morgan fingerprint density at radius 2 is 1.79 bits per heavy atom. The van der Waals surface area contributed by atoms with Gasteiger partial charge in [-0.1, -0.05) is 36.4 Å². The van der Waals surface area contributed by atoms with Crippen molar-refractivity contribution in [2.24, 2.45) is 0 Å². The molecule has 2 aliphatic heterocycles. The van der Waals surface area contributed by atoms with Crippen molar-refractivity contribution in [3.63, 3.8) is 0 Å². The SMILES string of the molecule is O=C1N[C@@H](Cc2ccccc2)C(=O)N2CCN(C(=O)c3cccc(F)c3F)C[C@H]12. The van der Waals surface area contributed by atoms with Crippen molar-refractivity contribution < 1.29 is 23.2 Å². The molecule has 0 radical (unpaired) electrons. The number of carbonyl (C=O) groups excluding carboxylic acids is 3. The highest BCUT2D eigenvalue weighted by Gasteiger charge is 2.44. The molecule has 29 heavy (non-hydrogen) atoms. The van der Waals surface area contributed by atoms with Crippen LogP contribution in [0.25, 0.3) is 0 Å². The lowest BCUT2D eigenvalue weighted by Crippen LogP contribution is -2.70. The van der Waals surface area contributed by atoms with Crippen molar-refractivity contribution >= 4 is 17.7 Å². The van der Waals surface area contributed by atoms with E-state index in [4.69, 9.17) is 0 Å². The molecule has 150 valence electrons. The van der Waals surface area contributed by atoms with Gasteiger partial charge in [0.25, 0.3) is 5.91 Å². The average Bonchev–Trinajstić information content (AvgIpc) is 2.74. The average molecular weight is 399 g/mol. The second kappa shape index (κ2) is 7.62. The third kappa shape index (κ3) is 3.57. The second-order valence-electron chi connectivity index (χ2n) is 7.15. The maximum atomic E-state index is 14.0. The smallest absolute Gasteiger partial charge is 0.257 e. The van der Waals surface area contributed by atoms with Crippen molar-refractivity contribution in [1.29, 1.82) is 0 Å². The van der Waals surface area contributed by atoms with E-state index in [9.17, 15) is 23.2 Å². The molecular formula is C21H19F2N3O3. The Labute approximate surface area is 166 Å². The van der Waals surface area contributed by atoms with E-state index >= 15 is 0 Å². The predicted molar refractivity (Wildman–Crippen MR) is 99.8 cm³/mol. The van der Waals surface area contributed by atoms with Crippen LogP contribution in [-0.4, -0.2) is 59.2 Å².